The second kappa shape index (κ2) is 12.3. The lowest BCUT2D eigenvalue weighted by molar-refractivity contribution is -0.137. The highest BCUT2D eigenvalue weighted by Gasteiger charge is 2.42. The number of halogens is 3. The van der Waals surface area contributed by atoms with Crippen molar-refractivity contribution in [3.8, 4) is 11.3 Å². The molecule has 1 aromatic heterocycles. The number of carbonyl (C=O) groups is 1. The number of nitrogens with one attached hydrogen (secondary N) is 1. The van der Waals surface area contributed by atoms with Crippen LogP contribution in [0, 0.1) is 0 Å². The highest BCUT2D eigenvalue weighted by atomic mass is 19.4. The summed E-state index contributed by atoms with van der Waals surface area (Å²) in [5.41, 5.74) is 0.634. The van der Waals surface area contributed by atoms with Crippen molar-refractivity contribution in [2.75, 3.05) is 33.4 Å². The molecule has 0 unspecified atom stereocenters. The van der Waals surface area contributed by atoms with Gasteiger partial charge in [-0.2, -0.15) is 13.2 Å². The minimum Gasteiger partial charge on any atom is -0.385 e. The van der Waals surface area contributed by atoms with Crippen LogP contribution in [0.3, 0.4) is 0 Å². The Bertz CT molecular complexity index is 1330. The Kier molecular flexibility index (Phi) is 8.82. The number of hydrogen-bond donors (Lipinski definition) is 2. The summed E-state index contributed by atoms with van der Waals surface area (Å²) in [6.07, 6.45) is 1.35. The molecule has 3 atom stereocenters. The first-order valence-electron chi connectivity index (χ1n) is 14.2. The van der Waals surface area contributed by atoms with Crippen molar-refractivity contribution in [3.05, 3.63) is 77.7 Å². The first-order valence-corrected chi connectivity index (χ1v) is 14.2. The summed E-state index contributed by atoms with van der Waals surface area (Å²) in [7, 11) is 1.58. The molecule has 3 aromatic rings. The fraction of sp³-hybridized carbons (Fsp3) is 0.484. The Hall–Kier alpha value is -3.21. The average molecular weight is 571 g/mol. The third-order valence-electron chi connectivity index (χ3n) is 8.36. The Morgan fingerprint density at radius 3 is 2.73 bits per heavy atom. The van der Waals surface area contributed by atoms with Crippen molar-refractivity contribution in [1.29, 1.82) is 0 Å². The van der Waals surface area contributed by atoms with Crippen molar-refractivity contribution in [2.45, 2.75) is 62.4 Å². The van der Waals surface area contributed by atoms with Crippen molar-refractivity contribution in [3.63, 3.8) is 0 Å². The van der Waals surface area contributed by atoms with Gasteiger partial charge >= 0.3 is 6.18 Å². The number of carbonyl (C=O) groups excluding carboxylic acids is 1. The van der Waals surface area contributed by atoms with Gasteiger partial charge in [0.25, 0.3) is 5.91 Å². The molecule has 5 rings (SSSR count). The molecule has 7 nitrogen and oxygen atoms in total. The van der Waals surface area contributed by atoms with Crippen LogP contribution in [-0.4, -0.2) is 70.5 Å². The predicted octanol–water partition coefficient (Wildman–Crippen LogP) is 5.11. The number of imidazole rings is 1. The number of aliphatic hydroxyl groups is 1. The average Bonchev–Trinajstić information content (AvgIpc) is 3.41. The van der Waals surface area contributed by atoms with Crippen molar-refractivity contribution < 1.29 is 27.8 Å². The van der Waals surface area contributed by atoms with Gasteiger partial charge in [0.15, 0.2) is 5.69 Å². The number of methoxy groups -OCH3 is 1. The third kappa shape index (κ3) is 6.34. The van der Waals surface area contributed by atoms with E-state index in [-0.39, 0.29) is 24.6 Å². The molecule has 1 saturated heterocycles. The number of hydrogen-bond acceptors (Lipinski definition) is 5. The van der Waals surface area contributed by atoms with Crippen molar-refractivity contribution in [1.82, 2.24) is 19.8 Å². The van der Waals surface area contributed by atoms with E-state index >= 15 is 0 Å². The van der Waals surface area contributed by atoms with Crippen LogP contribution in [0.2, 0.25) is 0 Å². The second-order valence-corrected chi connectivity index (χ2v) is 11.1. The van der Waals surface area contributed by atoms with E-state index in [0.29, 0.717) is 55.8 Å². The van der Waals surface area contributed by atoms with Gasteiger partial charge in [-0.1, -0.05) is 61.4 Å². The summed E-state index contributed by atoms with van der Waals surface area (Å²) in [4.78, 5) is 20.6. The van der Waals surface area contributed by atoms with Crippen LogP contribution < -0.4 is 5.32 Å². The lowest BCUT2D eigenvalue weighted by Gasteiger charge is -2.41. The molecule has 0 radical (unpaired) electrons. The molecule has 2 heterocycles. The molecule has 2 N–H and O–H groups in total. The number of aromatic nitrogens is 2. The number of amides is 1. The molecule has 41 heavy (non-hydrogen) atoms. The quantitative estimate of drug-likeness (QED) is 0.394. The van der Waals surface area contributed by atoms with Crippen molar-refractivity contribution >= 4 is 5.91 Å². The largest absolute Gasteiger partial charge is 0.416 e. The van der Waals surface area contributed by atoms with Crippen LogP contribution in [0.15, 0.2) is 60.9 Å². The Labute approximate surface area is 238 Å². The number of nitrogens with zero attached hydrogens (tertiary/aromatic N) is 3. The number of aryl methyl sites for hydroxylation is 1. The van der Waals surface area contributed by atoms with Gasteiger partial charge in [-0.05, 0) is 37.3 Å². The van der Waals surface area contributed by atoms with E-state index in [2.05, 4.69) is 10.3 Å². The van der Waals surface area contributed by atoms with Crippen LogP contribution in [0.25, 0.3) is 11.3 Å². The van der Waals surface area contributed by atoms with Crippen LogP contribution in [0.1, 0.15) is 59.8 Å². The molecule has 0 spiro atoms. The van der Waals surface area contributed by atoms with Gasteiger partial charge in [-0.25, -0.2) is 4.98 Å². The van der Waals surface area contributed by atoms with Gasteiger partial charge in [0.1, 0.15) is 5.60 Å². The van der Waals surface area contributed by atoms with Gasteiger partial charge in [-0.3, -0.25) is 4.79 Å². The van der Waals surface area contributed by atoms with E-state index in [9.17, 15) is 23.1 Å². The van der Waals surface area contributed by atoms with Crippen LogP contribution in [0.4, 0.5) is 13.2 Å². The maximum absolute atomic E-state index is 14.2. The number of alkyl halides is 3. The van der Waals surface area contributed by atoms with Gasteiger partial charge in [0.05, 0.1) is 30.2 Å². The molecule has 1 amide bonds. The summed E-state index contributed by atoms with van der Waals surface area (Å²) in [6, 6.07) is 14.5. The van der Waals surface area contributed by atoms with Crippen molar-refractivity contribution in [2.24, 2.45) is 0 Å². The number of ether oxygens (including phenoxy) is 1. The molecule has 1 aliphatic carbocycles. The molecule has 2 aromatic carbocycles. The maximum atomic E-state index is 14.2. The SMILES string of the molecule is COC[C@]1(O)CCCC[C@H]1n1cnc(C(=O)N2CCNC[C@@H]2CCc2cccc(C(F)(F)F)c2)c1-c1ccccc1. The van der Waals surface area contributed by atoms with E-state index in [1.807, 2.05) is 34.9 Å². The molecule has 0 bridgehead atoms. The van der Waals surface area contributed by atoms with Crippen LogP contribution in [-0.2, 0) is 17.3 Å². The van der Waals surface area contributed by atoms with E-state index < -0.39 is 17.3 Å². The molecule has 2 aliphatic rings. The molecule has 1 saturated carbocycles. The highest BCUT2D eigenvalue weighted by molar-refractivity contribution is 5.98. The van der Waals surface area contributed by atoms with Gasteiger partial charge in [0.2, 0.25) is 0 Å². The summed E-state index contributed by atoms with van der Waals surface area (Å²) in [5, 5.41) is 14.9. The molecule has 220 valence electrons. The van der Waals surface area contributed by atoms with E-state index in [0.717, 1.165) is 30.9 Å². The Morgan fingerprint density at radius 1 is 1.17 bits per heavy atom. The van der Waals surface area contributed by atoms with Gasteiger partial charge in [0, 0.05) is 38.3 Å². The summed E-state index contributed by atoms with van der Waals surface area (Å²) < 4.78 is 47.0. The van der Waals surface area contributed by atoms with Crippen LogP contribution in [0.5, 0.6) is 0 Å². The molecular weight excluding hydrogens is 533 g/mol. The minimum atomic E-state index is -4.40. The minimum absolute atomic E-state index is 0.183. The Morgan fingerprint density at radius 2 is 1.98 bits per heavy atom. The predicted molar refractivity (Wildman–Crippen MR) is 149 cm³/mol. The number of piperazine rings is 1. The standard InChI is InChI=1S/C31H37F3N4O3/c1-41-20-30(40)15-6-5-12-26(30)38-21-36-27(28(38)23-9-3-2-4-10-23)29(39)37-17-16-35-19-25(37)14-13-22-8-7-11-24(18-22)31(32,33)34/h2-4,7-11,18,21,25-26,35,40H,5-6,12-17,19-20H2,1H3/t25-,26+,30+/m0/s1. The molecule has 10 heteroatoms. The van der Waals surface area contributed by atoms with E-state index in [4.69, 9.17) is 4.74 Å². The monoisotopic (exact) mass is 570 g/mol. The molecule has 1 aliphatic heterocycles. The van der Waals surface area contributed by atoms with Gasteiger partial charge < -0.3 is 24.6 Å². The zero-order chi connectivity index (χ0) is 29.0. The zero-order valence-electron chi connectivity index (χ0n) is 23.2. The van der Waals surface area contributed by atoms with Gasteiger partial charge in [-0.15, -0.1) is 0 Å². The normalized spacial score (nSPS) is 23.5. The Balaban J connectivity index is 1.44. The number of rotatable bonds is 8. The van der Waals surface area contributed by atoms with E-state index in [1.165, 1.54) is 12.1 Å². The molecular formula is C31H37F3N4O3. The topological polar surface area (TPSA) is 79.6 Å². The summed E-state index contributed by atoms with van der Waals surface area (Å²) in [6.45, 7) is 1.80. The van der Waals surface area contributed by atoms with Crippen LogP contribution >= 0.6 is 0 Å². The highest BCUT2D eigenvalue weighted by Crippen LogP contribution is 2.41. The maximum Gasteiger partial charge on any atom is 0.416 e. The zero-order valence-corrected chi connectivity index (χ0v) is 23.2. The summed E-state index contributed by atoms with van der Waals surface area (Å²) in [5.74, 6) is -0.218. The first kappa shape index (κ1) is 29.3. The lowest BCUT2D eigenvalue weighted by Crippen LogP contribution is -2.54. The summed E-state index contributed by atoms with van der Waals surface area (Å²) >= 11 is 0. The number of benzene rings is 2. The third-order valence-corrected chi connectivity index (χ3v) is 8.36. The second-order valence-electron chi connectivity index (χ2n) is 11.1. The van der Waals surface area contributed by atoms with E-state index in [1.54, 1.807) is 24.4 Å². The fourth-order valence-electron chi connectivity index (χ4n) is 6.31. The lowest BCUT2D eigenvalue weighted by atomic mass is 9.80. The smallest absolute Gasteiger partial charge is 0.385 e. The first-order chi connectivity index (χ1) is 19.7. The fourth-order valence-corrected chi connectivity index (χ4v) is 6.31. The molecule has 2 fully saturated rings.